The van der Waals surface area contributed by atoms with E-state index in [0.29, 0.717) is 18.5 Å². The van der Waals surface area contributed by atoms with Crippen molar-refractivity contribution in [3.8, 4) is 0 Å². The molecule has 186 valence electrons. The van der Waals surface area contributed by atoms with Gasteiger partial charge in [-0.3, -0.25) is 28.6 Å². The molecule has 2 heterocycles. The van der Waals surface area contributed by atoms with Crippen LogP contribution >= 0.6 is 0 Å². The second kappa shape index (κ2) is 11.5. The number of amides is 6. The molecule has 13 nitrogen and oxygen atoms in total. The fraction of sp³-hybridized carbons (Fsp3) is 0.450. The number of benzene rings is 1. The number of likely N-dealkylation sites (N-methyl/N-ethyl adjacent to an activating group) is 1. The number of hydrogen-bond donors (Lipinski definition) is 3. The van der Waals surface area contributed by atoms with Crippen molar-refractivity contribution in [2.75, 3.05) is 19.6 Å². The number of carbonyl (C=O) groups excluding carboxylic acids is 5. The Morgan fingerprint density at radius 1 is 1.09 bits per heavy atom. The summed E-state index contributed by atoms with van der Waals surface area (Å²) in [5.41, 5.74) is 0.325. The van der Waals surface area contributed by atoms with Gasteiger partial charge in [-0.15, -0.1) is 0 Å². The summed E-state index contributed by atoms with van der Waals surface area (Å²) in [5.74, 6) is -3.71. The summed E-state index contributed by atoms with van der Waals surface area (Å²) in [6.45, 7) is 3.47. The Hall–Kier alpha value is -2.52. The van der Waals surface area contributed by atoms with Gasteiger partial charge in [0.05, 0.1) is 12.6 Å². The number of nitrogens with one attached hydrogen (secondary N) is 2. The molecule has 3 rings (SSSR count). The number of imide groups is 1. The Balaban J connectivity index is 0.00000432. The van der Waals surface area contributed by atoms with E-state index in [2.05, 4.69) is 10.6 Å². The summed E-state index contributed by atoms with van der Waals surface area (Å²) in [5, 5.41) is 4.79. The molecule has 15 heteroatoms. The van der Waals surface area contributed by atoms with Crippen LogP contribution in [0.15, 0.2) is 30.3 Å². The average Bonchev–Trinajstić information content (AvgIpc) is 2.80. The van der Waals surface area contributed by atoms with E-state index in [1.807, 2.05) is 0 Å². The van der Waals surface area contributed by atoms with Crippen LogP contribution in [0.25, 0.3) is 0 Å². The van der Waals surface area contributed by atoms with Gasteiger partial charge in [-0.1, -0.05) is 37.3 Å². The topological polar surface area (TPSA) is 173 Å². The molecule has 35 heavy (non-hydrogen) atoms. The van der Waals surface area contributed by atoms with Gasteiger partial charge in [0.2, 0.25) is 5.91 Å². The van der Waals surface area contributed by atoms with Crippen molar-refractivity contribution in [1.82, 2.24) is 24.7 Å². The zero-order valence-corrected chi connectivity index (χ0v) is 19.3. The Morgan fingerprint density at radius 3 is 2.23 bits per heavy atom. The molecule has 1 aromatic rings. The molecule has 2 aliphatic heterocycles. The van der Waals surface area contributed by atoms with Gasteiger partial charge >= 0.3 is 57.7 Å². The van der Waals surface area contributed by atoms with Gasteiger partial charge in [-0.25, -0.2) is 9.10 Å². The van der Waals surface area contributed by atoms with Crippen molar-refractivity contribution < 1.29 is 36.9 Å². The number of urea groups is 1. The van der Waals surface area contributed by atoms with Gasteiger partial charge in [-0.2, -0.15) is 8.42 Å². The maximum absolute atomic E-state index is 13.1. The van der Waals surface area contributed by atoms with Gasteiger partial charge in [0.1, 0.15) is 12.1 Å². The van der Waals surface area contributed by atoms with E-state index in [1.54, 1.807) is 32.0 Å². The van der Waals surface area contributed by atoms with Crippen LogP contribution in [0.2, 0.25) is 0 Å². The number of piperazine rings is 1. The molecule has 2 fully saturated rings. The summed E-state index contributed by atoms with van der Waals surface area (Å²) in [7, 11) is -4.73. The van der Waals surface area contributed by atoms with Crippen LogP contribution in [0.3, 0.4) is 0 Å². The second-order valence-electron chi connectivity index (χ2n) is 7.78. The fourth-order valence-electron chi connectivity index (χ4n) is 3.77. The Bertz CT molecular complexity index is 1120. The van der Waals surface area contributed by atoms with Crippen molar-refractivity contribution in [2.24, 2.45) is 0 Å². The molecule has 2 saturated heterocycles. The van der Waals surface area contributed by atoms with Crippen LogP contribution in [0.5, 0.6) is 0 Å². The zero-order valence-electron chi connectivity index (χ0n) is 18.5. The molecular formula is C20H26N5NaO8S. The molecule has 0 aliphatic carbocycles. The SMILES string of the molecule is CC[C@@H]1CN(CC)C(=O)C(=O)N1C(=O)NC(C(=O)NC1CN(S(=O)(=O)O)C1=O)c1ccccc1.[NaH]. The number of hydrogen-bond acceptors (Lipinski definition) is 7. The quantitative estimate of drug-likeness (QED) is 0.167. The minimum absolute atomic E-state index is 0. The van der Waals surface area contributed by atoms with E-state index in [4.69, 9.17) is 4.55 Å². The van der Waals surface area contributed by atoms with Gasteiger partial charge in [0.25, 0.3) is 5.91 Å². The van der Waals surface area contributed by atoms with Crippen molar-refractivity contribution in [1.29, 1.82) is 0 Å². The van der Waals surface area contributed by atoms with E-state index in [-0.39, 0.29) is 40.4 Å². The van der Waals surface area contributed by atoms with Crippen LogP contribution in [0, 0.1) is 0 Å². The molecule has 0 aromatic heterocycles. The van der Waals surface area contributed by atoms with Gasteiger partial charge in [0.15, 0.2) is 0 Å². The van der Waals surface area contributed by atoms with Gasteiger partial charge < -0.3 is 15.5 Å². The first-order valence-corrected chi connectivity index (χ1v) is 12.0. The van der Waals surface area contributed by atoms with Crippen molar-refractivity contribution >= 4 is 69.5 Å². The number of carbonyl (C=O) groups is 5. The molecule has 1 aromatic carbocycles. The molecule has 0 radical (unpaired) electrons. The molecule has 2 aliphatic rings. The van der Waals surface area contributed by atoms with Crippen molar-refractivity contribution in [3.63, 3.8) is 0 Å². The maximum atomic E-state index is 13.1. The molecule has 0 saturated carbocycles. The second-order valence-corrected chi connectivity index (χ2v) is 9.12. The summed E-state index contributed by atoms with van der Waals surface area (Å²) < 4.78 is 31.4. The standard InChI is InChI=1S/C20H25N5O8S.Na.H/c1-3-13-10-23(4-2)18(28)19(29)25(13)20(30)22-15(12-8-6-5-7-9-12)16(26)21-14-11-24(17(14)27)34(31,32)33;;/h5-9,13-15H,3-4,10-11H2,1-2H3,(H,21,26)(H,22,30)(H,31,32,33);;/t13-,14?,15?;;/m1../s1. The molecular weight excluding hydrogens is 493 g/mol. The van der Waals surface area contributed by atoms with Crippen LogP contribution in [-0.4, -0.2) is 118 Å². The third kappa shape index (κ3) is 6.01. The van der Waals surface area contributed by atoms with Crippen LogP contribution in [0.4, 0.5) is 4.79 Å². The van der Waals surface area contributed by atoms with Crippen LogP contribution < -0.4 is 10.6 Å². The summed E-state index contributed by atoms with van der Waals surface area (Å²) in [6, 6.07) is 3.85. The van der Waals surface area contributed by atoms with Gasteiger partial charge in [-0.05, 0) is 18.9 Å². The van der Waals surface area contributed by atoms with Crippen LogP contribution in [0.1, 0.15) is 31.9 Å². The first kappa shape index (κ1) is 28.7. The normalized spacial score (nSPS) is 21.1. The fourth-order valence-corrected chi connectivity index (χ4v) is 4.46. The first-order chi connectivity index (χ1) is 16.0. The van der Waals surface area contributed by atoms with Crippen molar-refractivity contribution in [3.05, 3.63) is 35.9 Å². The first-order valence-electron chi connectivity index (χ1n) is 10.6. The average molecular weight is 520 g/mol. The predicted octanol–water partition coefficient (Wildman–Crippen LogP) is -1.61. The predicted molar refractivity (Wildman–Crippen MR) is 123 cm³/mol. The number of β-lactam (4-membered cyclic amide) rings is 1. The van der Waals surface area contributed by atoms with E-state index in [1.165, 1.54) is 17.0 Å². The minimum atomic E-state index is -4.73. The Kier molecular flexibility index (Phi) is 9.42. The molecule has 0 bridgehead atoms. The molecule has 3 atom stereocenters. The molecule has 0 spiro atoms. The van der Waals surface area contributed by atoms with E-state index in [9.17, 15) is 32.4 Å². The summed E-state index contributed by atoms with van der Waals surface area (Å²) in [6.07, 6.45) is 0.382. The van der Waals surface area contributed by atoms with Crippen molar-refractivity contribution in [2.45, 2.75) is 38.4 Å². The summed E-state index contributed by atoms with van der Waals surface area (Å²) in [4.78, 5) is 65.1. The third-order valence-corrected chi connectivity index (χ3v) is 6.59. The number of nitrogens with zero attached hydrogens (tertiary/aromatic N) is 3. The third-order valence-electron chi connectivity index (χ3n) is 5.71. The number of rotatable bonds is 7. The molecule has 6 amide bonds. The summed E-state index contributed by atoms with van der Waals surface area (Å²) >= 11 is 0. The zero-order chi connectivity index (χ0) is 25.2. The van der Waals surface area contributed by atoms with E-state index >= 15 is 0 Å². The van der Waals surface area contributed by atoms with E-state index < -0.39 is 64.6 Å². The molecule has 3 N–H and O–H groups in total. The molecule has 2 unspecified atom stereocenters. The van der Waals surface area contributed by atoms with E-state index in [0.717, 1.165) is 4.90 Å². The van der Waals surface area contributed by atoms with Crippen LogP contribution in [-0.2, 0) is 29.5 Å². The monoisotopic (exact) mass is 519 g/mol. The van der Waals surface area contributed by atoms with Gasteiger partial charge in [0, 0.05) is 13.1 Å². The Labute approximate surface area is 224 Å². The Morgan fingerprint density at radius 2 is 1.71 bits per heavy atom.